The summed E-state index contributed by atoms with van der Waals surface area (Å²) in [6, 6.07) is 6.47. The van der Waals surface area contributed by atoms with Crippen LogP contribution in [0.4, 0.5) is 5.69 Å². The Labute approximate surface area is 134 Å². The van der Waals surface area contributed by atoms with E-state index in [1.165, 1.54) is 30.5 Å². The number of anilines is 1. The lowest BCUT2D eigenvalue weighted by atomic mass is 9.77. The van der Waals surface area contributed by atoms with Crippen molar-refractivity contribution in [2.24, 2.45) is 11.3 Å². The molecule has 0 spiro atoms. The van der Waals surface area contributed by atoms with Crippen LogP contribution in [-0.2, 0) is 6.54 Å². The monoisotopic (exact) mass is 308 g/mol. The molecule has 1 atom stereocenters. The van der Waals surface area contributed by atoms with Gasteiger partial charge in [-0.2, -0.15) is 0 Å². The highest BCUT2D eigenvalue weighted by atomic mass is 35.5. The Morgan fingerprint density at radius 1 is 1.24 bits per heavy atom. The van der Waals surface area contributed by atoms with Crippen molar-refractivity contribution in [1.82, 2.24) is 5.32 Å². The summed E-state index contributed by atoms with van der Waals surface area (Å²) in [5, 5.41) is 4.06. The van der Waals surface area contributed by atoms with E-state index in [0.29, 0.717) is 5.41 Å². The molecule has 2 rings (SSSR count). The number of hydrogen-bond donors (Lipinski definition) is 1. The molecule has 2 nitrogen and oxygen atoms in total. The van der Waals surface area contributed by atoms with Gasteiger partial charge in [-0.25, -0.2) is 0 Å². The summed E-state index contributed by atoms with van der Waals surface area (Å²) in [5.41, 5.74) is 2.86. The third-order valence-electron chi connectivity index (χ3n) is 4.69. The minimum Gasteiger partial charge on any atom is -0.370 e. The molecule has 1 aromatic carbocycles. The van der Waals surface area contributed by atoms with Gasteiger partial charge < -0.3 is 10.2 Å². The smallest absolute Gasteiger partial charge is 0.0642 e. The number of hydrogen-bond acceptors (Lipinski definition) is 2. The van der Waals surface area contributed by atoms with Crippen molar-refractivity contribution in [1.29, 1.82) is 0 Å². The van der Waals surface area contributed by atoms with Crippen LogP contribution < -0.4 is 10.2 Å². The summed E-state index contributed by atoms with van der Waals surface area (Å²) in [5.74, 6) is 0.810. The lowest BCUT2D eigenvalue weighted by Crippen LogP contribution is -2.26. The van der Waals surface area contributed by atoms with E-state index < -0.39 is 0 Å². The molecular formula is C18H29ClN2. The average Bonchev–Trinajstić information content (AvgIpc) is 2.64. The van der Waals surface area contributed by atoms with Crippen LogP contribution in [0.3, 0.4) is 0 Å². The van der Waals surface area contributed by atoms with Crippen molar-refractivity contribution in [3.63, 3.8) is 0 Å². The van der Waals surface area contributed by atoms with Crippen molar-refractivity contribution < 1.29 is 0 Å². The molecular weight excluding hydrogens is 280 g/mol. The van der Waals surface area contributed by atoms with E-state index in [1.807, 2.05) is 7.05 Å². The SMILES string of the molecule is CNCc1ccc(N2CCCC(C(C)(C)C)CC2)c(Cl)c1. The maximum Gasteiger partial charge on any atom is 0.0642 e. The van der Waals surface area contributed by atoms with E-state index in [4.69, 9.17) is 11.6 Å². The van der Waals surface area contributed by atoms with Gasteiger partial charge in [0.25, 0.3) is 0 Å². The van der Waals surface area contributed by atoms with E-state index in [2.05, 4.69) is 49.2 Å². The van der Waals surface area contributed by atoms with Crippen LogP contribution in [0.15, 0.2) is 18.2 Å². The third-order valence-corrected chi connectivity index (χ3v) is 4.99. The fourth-order valence-electron chi connectivity index (χ4n) is 3.32. The zero-order valence-corrected chi connectivity index (χ0v) is 14.6. The molecule has 1 unspecified atom stereocenters. The van der Waals surface area contributed by atoms with E-state index in [-0.39, 0.29) is 0 Å². The topological polar surface area (TPSA) is 15.3 Å². The van der Waals surface area contributed by atoms with E-state index in [9.17, 15) is 0 Å². The lowest BCUT2D eigenvalue weighted by Gasteiger charge is -2.30. The molecule has 0 aliphatic carbocycles. The standard InChI is InChI=1S/C18H29ClN2/c1-18(2,3)15-6-5-10-21(11-9-15)17-8-7-14(13-20-4)12-16(17)19/h7-8,12,15,20H,5-6,9-11,13H2,1-4H3. The fraction of sp³-hybridized carbons (Fsp3) is 0.667. The van der Waals surface area contributed by atoms with Gasteiger partial charge in [0, 0.05) is 19.6 Å². The first-order valence-corrected chi connectivity index (χ1v) is 8.47. The molecule has 3 heteroatoms. The molecule has 1 aromatic rings. The van der Waals surface area contributed by atoms with Gasteiger partial charge in [-0.1, -0.05) is 38.4 Å². The van der Waals surface area contributed by atoms with Gasteiger partial charge in [0.05, 0.1) is 10.7 Å². The maximum absolute atomic E-state index is 6.51. The van der Waals surface area contributed by atoms with Crippen LogP contribution in [-0.4, -0.2) is 20.1 Å². The minimum absolute atomic E-state index is 0.413. The van der Waals surface area contributed by atoms with Gasteiger partial charge in [0.2, 0.25) is 0 Å². The predicted molar refractivity (Wildman–Crippen MR) is 93.2 cm³/mol. The zero-order valence-electron chi connectivity index (χ0n) is 13.9. The second-order valence-electron chi connectivity index (χ2n) is 7.30. The van der Waals surface area contributed by atoms with Crippen LogP contribution in [0.1, 0.15) is 45.6 Å². The Kier molecular flexibility index (Phi) is 5.56. The first kappa shape index (κ1) is 16.6. The van der Waals surface area contributed by atoms with Gasteiger partial charge in [-0.05, 0) is 55.3 Å². The van der Waals surface area contributed by atoms with E-state index in [1.54, 1.807) is 0 Å². The highest BCUT2D eigenvalue weighted by molar-refractivity contribution is 6.33. The van der Waals surface area contributed by atoms with Crippen molar-refractivity contribution in [3.05, 3.63) is 28.8 Å². The second-order valence-corrected chi connectivity index (χ2v) is 7.70. The number of benzene rings is 1. The average molecular weight is 309 g/mol. The molecule has 1 heterocycles. The first-order valence-electron chi connectivity index (χ1n) is 8.10. The molecule has 1 N–H and O–H groups in total. The first-order chi connectivity index (χ1) is 9.91. The van der Waals surface area contributed by atoms with Crippen LogP contribution >= 0.6 is 11.6 Å². The summed E-state index contributed by atoms with van der Waals surface area (Å²) < 4.78 is 0. The predicted octanol–water partition coefficient (Wildman–Crippen LogP) is 4.71. The molecule has 0 bridgehead atoms. The Balaban J connectivity index is 2.09. The molecule has 1 fully saturated rings. The van der Waals surface area contributed by atoms with Gasteiger partial charge in [-0.15, -0.1) is 0 Å². The van der Waals surface area contributed by atoms with Crippen LogP contribution in [0.25, 0.3) is 0 Å². The molecule has 0 amide bonds. The molecule has 0 aromatic heterocycles. The highest BCUT2D eigenvalue weighted by Crippen LogP contribution is 2.36. The third kappa shape index (κ3) is 4.37. The Hall–Kier alpha value is -0.730. The number of rotatable bonds is 3. The van der Waals surface area contributed by atoms with Crippen LogP contribution in [0.5, 0.6) is 0 Å². The Morgan fingerprint density at radius 2 is 2.00 bits per heavy atom. The van der Waals surface area contributed by atoms with Crippen molar-refractivity contribution in [2.45, 2.75) is 46.6 Å². The van der Waals surface area contributed by atoms with Gasteiger partial charge in [0.1, 0.15) is 0 Å². The molecule has 0 radical (unpaired) electrons. The van der Waals surface area contributed by atoms with Crippen molar-refractivity contribution in [3.8, 4) is 0 Å². The minimum atomic E-state index is 0.413. The van der Waals surface area contributed by atoms with Crippen molar-refractivity contribution >= 4 is 17.3 Å². The summed E-state index contributed by atoms with van der Waals surface area (Å²) in [6.07, 6.45) is 3.85. The van der Waals surface area contributed by atoms with Gasteiger partial charge >= 0.3 is 0 Å². The van der Waals surface area contributed by atoms with E-state index in [0.717, 1.165) is 30.6 Å². The highest BCUT2D eigenvalue weighted by Gasteiger charge is 2.27. The van der Waals surface area contributed by atoms with E-state index >= 15 is 0 Å². The van der Waals surface area contributed by atoms with Crippen LogP contribution in [0.2, 0.25) is 5.02 Å². The van der Waals surface area contributed by atoms with Gasteiger partial charge in [0.15, 0.2) is 0 Å². The number of nitrogens with one attached hydrogen (secondary N) is 1. The lowest BCUT2D eigenvalue weighted by molar-refractivity contribution is 0.220. The molecule has 118 valence electrons. The second kappa shape index (κ2) is 7.02. The quantitative estimate of drug-likeness (QED) is 0.869. The van der Waals surface area contributed by atoms with Crippen molar-refractivity contribution in [2.75, 3.05) is 25.0 Å². The summed E-state index contributed by atoms with van der Waals surface area (Å²) in [7, 11) is 1.96. The normalized spacial score (nSPS) is 20.4. The number of nitrogens with zero attached hydrogens (tertiary/aromatic N) is 1. The van der Waals surface area contributed by atoms with Gasteiger partial charge in [-0.3, -0.25) is 0 Å². The summed E-state index contributed by atoms with van der Waals surface area (Å²) in [6.45, 7) is 10.2. The van der Waals surface area contributed by atoms with Crippen LogP contribution in [0, 0.1) is 11.3 Å². The fourth-order valence-corrected chi connectivity index (χ4v) is 3.65. The Morgan fingerprint density at radius 3 is 2.62 bits per heavy atom. The molecule has 1 saturated heterocycles. The molecule has 1 aliphatic rings. The molecule has 0 saturated carbocycles. The Bertz CT molecular complexity index is 465. The summed E-state index contributed by atoms with van der Waals surface area (Å²) >= 11 is 6.51. The summed E-state index contributed by atoms with van der Waals surface area (Å²) in [4.78, 5) is 2.47. The maximum atomic E-state index is 6.51. The number of halogens is 1. The zero-order chi connectivity index (χ0) is 15.5. The largest absolute Gasteiger partial charge is 0.370 e. The molecule has 1 aliphatic heterocycles. The molecule has 21 heavy (non-hydrogen) atoms.